The third-order valence-corrected chi connectivity index (χ3v) is 4.01. The molecule has 2 aliphatic rings. The highest BCUT2D eigenvalue weighted by Gasteiger charge is 2.36. The molecule has 0 aliphatic carbocycles. The Hall–Kier alpha value is -2.48. The molecule has 0 saturated carbocycles. The Balaban J connectivity index is 1.81. The standard InChI is InChI=1S/C15H17FN4O3/c16-11-4-2-1-3-10(11)13-14(22)17-5-7-19(13)9-12(21)20-8-6-18-15(20)23/h1-4,13H,5-9H2,(H,17,22)(H,18,23). The van der Waals surface area contributed by atoms with Crippen LogP contribution in [-0.2, 0) is 9.59 Å². The van der Waals surface area contributed by atoms with Gasteiger partial charge in [-0.15, -0.1) is 0 Å². The Morgan fingerprint density at radius 1 is 1.17 bits per heavy atom. The number of carbonyl (C=O) groups excluding carboxylic acids is 3. The molecule has 122 valence electrons. The van der Waals surface area contributed by atoms with Gasteiger partial charge in [-0.3, -0.25) is 19.4 Å². The van der Waals surface area contributed by atoms with Crippen molar-refractivity contribution in [3.63, 3.8) is 0 Å². The molecule has 2 fully saturated rings. The Morgan fingerprint density at radius 2 is 1.91 bits per heavy atom. The summed E-state index contributed by atoms with van der Waals surface area (Å²) in [6.07, 6.45) is 0. The average Bonchev–Trinajstić information content (AvgIpc) is 2.95. The smallest absolute Gasteiger partial charge is 0.324 e. The minimum absolute atomic E-state index is 0.111. The molecule has 2 saturated heterocycles. The van der Waals surface area contributed by atoms with E-state index in [0.717, 1.165) is 4.90 Å². The van der Waals surface area contributed by atoms with Gasteiger partial charge in [-0.05, 0) is 6.07 Å². The van der Waals surface area contributed by atoms with Gasteiger partial charge in [0.15, 0.2) is 0 Å². The maximum absolute atomic E-state index is 14.1. The fraction of sp³-hybridized carbons (Fsp3) is 0.400. The van der Waals surface area contributed by atoms with Crippen molar-refractivity contribution in [1.29, 1.82) is 0 Å². The molecule has 23 heavy (non-hydrogen) atoms. The predicted molar refractivity (Wildman–Crippen MR) is 78.8 cm³/mol. The third-order valence-electron chi connectivity index (χ3n) is 4.01. The molecule has 0 spiro atoms. The van der Waals surface area contributed by atoms with E-state index in [0.29, 0.717) is 26.2 Å². The van der Waals surface area contributed by atoms with Crippen LogP contribution in [0.25, 0.3) is 0 Å². The van der Waals surface area contributed by atoms with Crippen molar-refractivity contribution in [2.24, 2.45) is 0 Å². The van der Waals surface area contributed by atoms with Crippen molar-refractivity contribution in [1.82, 2.24) is 20.4 Å². The maximum atomic E-state index is 14.1. The second-order valence-corrected chi connectivity index (χ2v) is 5.46. The van der Waals surface area contributed by atoms with E-state index in [-0.39, 0.29) is 18.0 Å². The van der Waals surface area contributed by atoms with Crippen molar-refractivity contribution < 1.29 is 18.8 Å². The van der Waals surface area contributed by atoms with Crippen LogP contribution in [0.15, 0.2) is 24.3 Å². The van der Waals surface area contributed by atoms with E-state index in [2.05, 4.69) is 10.6 Å². The highest BCUT2D eigenvalue weighted by Crippen LogP contribution is 2.25. The van der Waals surface area contributed by atoms with Crippen molar-refractivity contribution in [2.45, 2.75) is 6.04 Å². The number of benzene rings is 1. The maximum Gasteiger partial charge on any atom is 0.324 e. The van der Waals surface area contributed by atoms with Crippen LogP contribution in [0.4, 0.5) is 9.18 Å². The van der Waals surface area contributed by atoms with E-state index < -0.39 is 23.8 Å². The van der Waals surface area contributed by atoms with E-state index in [1.54, 1.807) is 17.0 Å². The fourth-order valence-corrected chi connectivity index (χ4v) is 2.89. The van der Waals surface area contributed by atoms with Crippen molar-refractivity contribution in [3.05, 3.63) is 35.6 Å². The van der Waals surface area contributed by atoms with Crippen LogP contribution in [0.5, 0.6) is 0 Å². The van der Waals surface area contributed by atoms with Gasteiger partial charge < -0.3 is 10.6 Å². The Bertz CT molecular complexity index is 651. The predicted octanol–water partition coefficient (Wildman–Crippen LogP) is -0.150. The van der Waals surface area contributed by atoms with Gasteiger partial charge in [-0.25, -0.2) is 9.18 Å². The molecule has 2 heterocycles. The molecule has 0 radical (unpaired) electrons. The summed E-state index contributed by atoms with van der Waals surface area (Å²) in [6, 6.07) is 4.70. The van der Waals surface area contributed by atoms with Crippen molar-refractivity contribution in [3.8, 4) is 0 Å². The number of hydrogen-bond donors (Lipinski definition) is 2. The molecule has 0 bridgehead atoms. The van der Waals surface area contributed by atoms with E-state index >= 15 is 0 Å². The third kappa shape index (κ3) is 3.02. The van der Waals surface area contributed by atoms with Gasteiger partial charge in [-0.2, -0.15) is 0 Å². The molecule has 8 heteroatoms. The minimum atomic E-state index is -0.875. The molecule has 1 atom stereocenters. The number of halogens is 1. The summed E-state index contributed by atoms with van der Waals surface area (Å²) < 4.78 is 14.1. The van der Waals surface area contributed by atoms with Gasteiger partial charge in [-0.1, -0.05) is 18.2 Å². The summed E-state index contributed by atoms with van der Waals surface area (Å²) in [7, 11) is 0. The SMILES string of the molecule is O=C1NCCN(CC(=O)N2CCNC2=O)C1c1ccccc1F. The van der Waals surface area contributed by atoms with Gasteiger partial charge in [0.1, 0.15) is 11.9 Å². The number of imide groups is 1. The molecule has 2 aliphatic heterocycles. The first-order chi connectivity index (χ1) is 11.1. The second-order valence-electron chi connectivity index (χ2n) is 5.46. The number of piperazine rings is 1. The van der Waals surface area contributed by atoms with Crippen molar-refractivity contribution >= 4 is 17.8 Å². The van der Waals surface area contributed by atoms with E-state index in [1.807, 2.05) is 0 Å². The van der Waals surface area contributed by atoms with Crippen LogP contribution in [0.2, 0.25) is 0 Å². The summed E-state index contributed by atoms with van der Waals surface area (Å²) in [5.74, 6) is -1.23. The molecule has 1 aromatic carbocycles. The lowest BCUT2D eigenvalue weighted by Gasteiger charge is -2.35. The Labute approximate surface area is 132 Å². The molecule has 7 nitrogen and oxygen atoms in total. The van der Waals surface area contributed by atoms with E-state index in [9.17, 15) is 18.8 Å². The minimum Gasteiger partial charge on any atom is -0.353 e. The lowest BCUT2D eigenvalue weighted by Crippen LogP contribution is -2.53. The molecule has 1 aromatic rings. The summed E-state index contributed by atoms with van der Waals surface area (Å²) in [5, 5.41) is 5.24. The Kier molecular flexibility index (Phi) is 4.24. The van der Waals surface area contributed by atoms with Gasteiger partial charge in [0.2, 0.25) is 11.8 Å². The average molecular weight is 320 g/mol. The number of urea groups is 1. The monoisotopic (exact) mass is 320 g/mol. The highest BCUT2D eigenvalue weighted by molar-refractivity contribution is 5.97. The van der Waals surface area contributed by atoms with Crippen LogP contribution in [-0.4, -0.2) is 60.4 Å². The lowest BCUT2D eigenvalue weighted by molar-refractivity contribution is -0.134. The summed E-state index contributed by atoms with van der Waals surface area (Å²) in [4.78, 5) is 38.8. The highest BCUT2D eigenvalue weighted by atomic mass is 19.1. The van der Waals surface area contributed by atoms with Crippen LogP contribution in [0.1, 0.15) is 11.6 Å². The van der Waals surface area contributed by atoms with Crippen LogP contribution < -0.4 is 10.6 Å². The first kappa shape index (κ1) is 15.4. The zero-order valence-corrected chi connectivity index (χ0v) is 12.4. The zero-order chi connectivity index (χ0) is 16.4. The molecule has 0 aromatic heterocycles. The van der Waals surface area contributed by atoms with E-state index in [4.69, 9.17) is 0 Å². The van der Waals surface area contributed by atoms with Gasteiger partial charge >= 0.3 is 6.03 Å². The Morgan fingerprint density at radius 3 is 2.61 bits per heavy atom. The summed E-state index contributed by atoms with van der Waals surface area (Å²) in [6.45, 7) is 1.40. The van der Waals surface area contributed by atoms with Gasteiger partial charge in [0.25, 0.3) is 0 Å². The summed E-state index contributed by atoms with van der Waals surface area (Å²) in [5.41, 5.74) is 0.225. The molecule has 2 N–H and O–H groups in total. The number of nitrogens with zero attached hydrogens (tertiary/aromatic N) is 2. The molecular weight excluding hydrogens is 303 g/mol. The van der Waals surface area contributed by atoms with Gasteiger partial charge in [0, 0.05) is 31.7 Å². The molecular formula is C15H17FN4O3. The normalized spacial score (nSPS) is 22.0. The van der Waals surface area contributed by atoms with Crippen LogP contribution in [0.3, 0.4) is 0 Å². The number of amides is 4. The molecule has 1 unspecified atom stereocenters. The van der Waals surface area contributed by atoms with Crippen molar-refractivity contribution in [2.75, 3.05) is 32.7 Å². The molecule has 4 amide bonds. The second kappa shape index (κ2) is 6.33. The van der Waals surface area contributed by atoms with Gasteiger partial charge in [0.05, 0.1) is 6.54 Å². The van der Waals surface area contributed by atoms with Crippen LogP contribution >= 0.6 is 0 Å². The molecule has 3 rings (SSSR count). The lowest BCUT2D eigenvalue weighted by atomic mass is 10.0. The van der Waals surface area contributed by atoms with Crippen LogP contribution in [0, 0.1) is 5.82 Å². The topological polar surface area (TPSA) is 81.8 Å². The van der Waals surface area contributed by atoms with E-state index in [1.165, 1.54) is 12.1 Å². The zero-order valence-electron chi connectivity index (χ0n) is 12.4. The fourth-order valence-electron chi connectivity index (χ4n) is 2.89. The largest absolute Gasteiger partial charge is 0.353 e. The first-order valence-corrected chi connectivity index (χ1v) is 7.42. The number of nitrogens with one attached hydrogen (secondary N) is 2. The summed E-state index contributed by atoms with van der Waals surface area (Å²) >= 11 is 0. The number of hydrogen-bond acceptors (Lipinski definition) is 4. The first-order valence-electron chi connectivity index (χ1n) is 7.42. The number of rotatable bonds is 3. The quantitative estimate of drug-likeness (QED) is 0.812. The number of carbonyl (C=O) groups is 3.